The molecule has 1 aromatic carbocycles. The quantitative estimate of drug-likeness (QED) is 0.511. The van der Waals surface area contributed by atoms with E-state index in [0.717, 1.165) is 53.8 Å². The highest BCUT2D eigenvalue weighted by Crippen LogP contribution is 2.29. The number of nitrogens with zero attached hydrogens (tertiary/aromatic N) is 6. The lowest BCUT2D eigenvalue weighted by Crippen LogP contribution is -2.37. The van der Waals surface area contributed by atoms with E-state index in [-0.39, 0.29) is 5.56 Å². The fourth-order valence-electron chi connectivity index (χ4n) is 4.31. The molecule has 0 atom stereocenters. The summed E-state index contributed by atoms with van der Waals surface area (Å²) < 4.78 is 1.73. The van der Waals surface area contributed by atoms with Crippen molar-refractivity contribution < 1.29 is 0 Å². The van der Waals surface area contributed by atoms with Gasteiger partial charge in [-0.2, -0.15) is 5.10 Å². The van der Waals surface area contributed by atoms with Gasteiger partial charge in [-0.1, -0.05) is 24.3 Å². The Morgan fingerprint density at radius 3 is 2.48 bits per heavy atom. The van der Waals surface area contributed by atoms with E-state index in [4.69, 9.17) is 0 Å². The zero-order chi connectivity index (χ0) is 21.2. The molecule has 0 amide bonds. The molecule has 0 N–H and O–H groups in total. The van der Waals surface area contributed by atoms with E-state index in [2.05, 4.69) is 43.3 Å². The van der Waals surface area contributed by atoms with Crippen LogP contribution in [0.3, 0.4) is 0 Å². The van der Waals surface area contributed by atoms with Crippen LogP contribution >= 0.6 is 0 Å². The highest BCUT2D eigenvalue weighted by atomic mass is 16.1. The Balaban J connectivity index is 1.28. The number of fused-ring (bicyclic) bond motifs is 1. The molecule has 7 heteroatoms. The second kappa shape index (κ2) is 8.26. The molecule has 1 aliphatic rings. The van der Waals surface area contributed by atoms with Crippen LogP contribution in [0, 0.1) is 12.8 Å². The standard InChI is InChI=1S/C24H24N6O/c1-17-20-4-2-3-5-21(20)24(28-27-17)29-12-8-18(9-13-29)15-30-16-26-22(14-23(30)31)19-6-10-25-11-7-19/h2-7,10-11,14,16,18H,8-9,12-13,15H2,1H3. The summed E-state index contributed by atoms with van der Waals surface area (Å²) in [5.74, 6) is 1.40. The maximum Gasteiger partial charge on any atom is 0.253 e. The summed E-state index contributed by atoms with van der Waals surface area (Å²) in [4.78, 5) is 23.4. The second-order valence-electron chi connectivity index (χ2n) is 8.09. The van der Waals surface area contributed by atoms with Crippen LogP contribution in [-0.2, 0) is 6.54 Å². The summed E-state index contributed by atoms with van der Waals surface area (Å²) in [5.41, 5.74) is 2.53. The first-order valence-corrected chi connectivity index (χ1v) is 10.6. The Morgan fingerprint density at radius 1 is 1.00 bits per heavy atom. The number of hydrogen-bond donors (Lipinski definition) is 0. The van der Waals surface area contributed by atoms with Crippen molar-refractivity contribution in [3.63, 3.8) is 0 Å². The lowest BCUT2D eigenvalue weighted by Gasteiger charge is -2.33. The topological polar surface area (TPSA) is 76.8 Å². The van der Waals surface area contributed by atoms with Crippen molar-refractivity contribution >= 4 is 16.6 Å². The van der Waals surface area contributed by atoms with Gasteiger partial charge < -0.3 is 4.90 Å². The third-order valence-corrected chi connectivity index (χ3v) is 6.08. The first-order chi connectivity index (χ1) is 15.2. The van der Waals surface area contributed by atoms with Crippen molar-refractivity contribution in [3.05, 3.63) is 77.2 Å². The average Bonchev–Trinajstić information content (AvgIpc) is 2.82. The smallest absolute Gasteiger partial charge is 0.253 e. The van der Waals surface area contributed by atoms with Crippen LogP contribution < -0.4 is 10.5 Å². The van der Waals surface area contributed by atoms with Crippen molar-refractivity contribution in [2.24, 2.45) is 5.92 Å². The summed E-state index contributed by atoms with van der Waals surface area (Å²) in [6, 6.07) is 13.6. The van der Waals surface area contributed by atoms with Crippen LogP contribution in [0.4, 0.5) is 5.82 Å². The van der Waals surface area contributed by atoms with E-state index < -0.39 is 0 Å². The zero-order valence-electron chi connectivity index (χ0n) is 17.5. The lowest BCUT2D eigenvalue weighted by molar-refractivity contribution is 0.350. The molecule has 156 valence electrons. The van der Waals surface area contributed by atoms with E-state index >= 15 is 0 Å². The van der Waals surface area contributed by atoms with E-state index in [0.29, 0.717) is 18.2 Å². The normalized spacial score (nSPS) is 14.8. The maximum absolute atomic E-state index is 12.6. The first kappa shape index (κ1) is 19.4. The van der Waals surface area contributed by atoms with Gasteiger partial charge in [0.25, 0.3) is 5.56 Å². The molecular formula is C24H24N6O. The molecule has 1 saturated heterocycles. The van der Waals surface area contributed by atoms with Gasteiger partial charge in [0, 0.05) is 54.4 Å². The molecule has 4 aromatic rings. The molecule has 0 unspecified atom stereocenters. The summed E-state index contributed by atoms with van der Waals surface area (Å²) in [7, 11) is 0. The Bertz CT molecular complexity index is 1260. The van der Waals surface area contributed by atoms with Gasteiger partial charge in [-0.25, -0.2) is 4.98 Å². The van der Waals surface area contributed by atoms with Gasteiger partial charge in [0.15, 0.2) is 5.82 Å². The highest BCUT2D eigenvalue weighted by Gasteiger charge is 2.23. The van der Waals surface area contributed by atoms with Crippen LogP contribution in [0.25, 0.3) is 22.0 Å². The maximum atomic E-state index is 12.6. The predicted octanol–water partition coefficient (Wildman–Crippen LogP) is 3.47. The van der Waals surface area contributed by atoms with E-state index in [1.54, 1.807) is 29.4 Å². The summed E-state index contributed by atoms with van der Waals surface area (Å²) in [6.45, 7) is 4.50. The van der Waals surface area contributed by atoms with E-state index in [9.17, 15) is 4.79 Å². The number of hydrogen-bond acceptors (Lipinski definition) is 6. The third-order valence-electron chi connectivity index (χ3n) is 6.08. The minimum Gasteiger partial charge on any atom is -0.355 e. The monoisotopic (exact) mass is 412 g/mol. The summed E-state index contributed by atoms with van der Waals surface area (Å²) in [5, 5.41) is 11.2. The average molecular weight is 412 g/mol. The molecule has 0 spiro atoms. The second-order valence-corrected chi connectivity index (χ2v) is 8.09. The van der Waals surface area contributed by atoms with Crippen LogP contribution in [0.5, 0.6) is 0 Å². The molecule has 0 bridgehead atoms. The lowest BCUT2D eigenvalue weighted by atomic mass is 9.96. The van der Waals surface area contributed by atoms with Crippen molar-refractivity contribution in [1.29, 1.82) is 0 Å². The number of pyridine rings is 1. The minimum absolute atomic E-state index is 0.0142. The summed E-state index contributed by atoms with van der Waals surface area (Å²) >= 11 is 0. The molecular weight excluding hydrogens is 388 g/mol. The predicted molar refractivity (Wildman–Crippen MR) is 121 cm³/mol. The van der Waals surface area contributed by atoms with E-state index in [1.807, 2.05) is 25.1 Å². The molecule has 4 heterocycles. The van der Waals surface area contributed by atoms with Crippen molar-refractivity contribution in [3.8, 4) is 11.3 Å². The van der Waals surface area contributed by atoms with Gasteiger partial charge in [-0.3, -0.25) is 14.3 Å². The van der Waals surface area contributed by atoms with Crippen molar-refractivity contribution in [1.82, 2.24) is 24.7 Å². The van der Waals surface area contributed by atoms with Gasteiger partial charge >= 0.3 is 0 Å². The molecule has 0 saturated carbocycles. The fourth-order valence-corrected chi connectivity index (χ4v) is 4.31. The Labute approximate surface area is 180 Å². The number of anilines is 1. The zero-order valence-corrected chi connectivity index (χ0v) is 17.5. The molecule has 0 aliphatic carbocycles. The minimum atomic E-state index is -0.0142. The SMILES string of the molecule is Cc1nnc(N2CCC(Cn3cnc(-c4ccncc4)cc3=O)CC2)c2ccccc12. The van der Waals surface area contributed by atoms with Crippen molar-refractivity contribution in [2.75, 3.05) is 18.0 Å². The molecule has 1 aliphatic heterocycles. The fraction of sp³-hybridized carbons (Fsp3) is 0.292. The van der Waals surface area contributed by atoms with E-state index in [1.165, 1.54) is 0 Å². The number of piperidine rings is 1. The molecule has 7 nitrogen and oxygen atoms in total. The Hall–Kier alpha value is -3.61. The van der Waals surface area contributed by atoms with Crippen molar-refractivity contribution in [2.45, 2.75) is 26.3 Å². The van der Waals surface area contributed by atoms with Gasteiger partial charge in [-0.15, -0.1) is 5.10 Å². The Kier molecular flexibility index (Phi) is 5.16. The first-order valence-electron chi connectivity index (χ1n) is 10.6. The van der Waals surface area contributed by atoms with Gasteiger partial charge in [-0.05, 0) is 37.8 Å². The summed E-state index contributed by atoms with van der Waals surface area (Å²) in [6.07, 6.45) is 7.09. The van der Waals surface area contributed by atoms with Crippen LogP contribution in [-0.4, -0.2) is 37.8 Å². The third kappa shape index (κ3) is 3.91. The number of aryl methyl sites for hydroxylation is 1. The molecule has 1 fully saturated rings. The van der Waals surface area contributed by atoms with Crippen LogP contribution in [0.1, 0.15) is 18.5 Å². The highest BCUT2D eigenvalue weighted by molar-refractivity contribution is 5.93. The van der Waals surface area contributed by atoms with Gasteiger partial charge in [0.2, 0.25) is 0 Å². The van der Waals surface area contributed by atoms with Crippen LogP contribution in [0.2, 0.25) is 0 Å². The molecule has 0 radical (unpaired) electrons. The van der Waals surface area contributed by atoms with Gasteiger partial charge in [0.1, 0.15) is 0 Å². The number of aromatic nitrogens is 5. The molecule has 5 rings (SSSR count). The van der Waals surface area contributed by atoms with Crippen LogP contribution in [0.15, 0.2) is 66.0 Å². The molecule has 3 aromatic heterocycles. The largest absolute Gasteiger partial charge is 0.355 e. The Morgan fingerprint density at radius 2 is 1.74 bits per heavy atom. The van der Waals surface area contributed by atoms with Gasteiger partial charge in [0.05, 0.1) is 17.7 Å². The number of benzene rings is 1. The molecule has 31 heavy (non-hydrogen) atoms. The number of rotatable bonds is 4.